The van der Waals surface area contributed by atoms with Crippen LogP contribution in [0.15, 0.2) is 24.3 Å². The van der Waals surface area contributed by atoms with E-state index in [0.29, 0.717) is 11.8 Å². The third kappa shape index (κ3) is 5.07. The Morgan fingerprint density at radius 1 is 1.28 bits per heavy atom. The highest BCUT2D eigenvalue weighted by Crippen LogP contribution is 2.14. The Labute approximate surface area is 111 Å². The van der Waals surface area contributed by atoms with Crippen LogP contribution in [0.5, 0.6) is 0 Å². The van der Waals surface area contributed by atoms with Gasteiger partial charge in [0.25, 0.3) is 0 Å². The summed E-state index contributed by atoms with van der Waals surface area (Å²) < 4.78 is 0. The number of nitrogens with one attached hydrogen (secondary N) is 1. The minimum absolute atomic E-state index is 0.530. The smallest absolute Gasteiger partial charge is 0.0343 e. The molecule has 3 N–H and O–H groups in total. The maximum atomic E-state index is 5.79. The van der Waals surface area contributed by atoms with Gasteiger partial charge < -0.3 is 16.0 Å². The van der Waals surface area contributed by atoms with Crippen LogP contribution in [-0.2, 0) is 6.54 Å². The fraction of sp³-hybridized carbons (Fsp3) is 0.600. The van der Waals surface area contributed by atoms with E-state index in [1.54, 1.807) is 0 Å². The van der Waals surface area contributed by atoms with Gasteiger partial charge in [0.05, 0.1) is 0 Å². The van der Waals surface area contributed by atoms with Crippen molar-refractivity contribution in [2.24, 2.45) is 17.6 Å². The Kier molecular flexibility index (Phi) is 6.16. The minimum atomic E-state index is 0.530. The lowest BCUT2D eigenvalue weighted by Gasteiger charge is -2.20. The van der Waals surface area contributed by atoms with Gasteiger partial charge in [-0.1, -0.05) is 26.0 Å². The first kappa shape index (κ1) is 15.0. The van der Waals surface area contributed by atoms with Crippen LogP contribution < -0.4 is 11.1 Å². The molecule has 1 rings (SSSR count). The predicted molar refractivity (Wildman–Crippen MR) is 79.7 cm³/mol. The first-order chi connectivity index (χ1) is 8.52. The molecular weight excluding hydrogens is 222 g/mol. The van der Waals surface area contributed by atoms with Crippen LogP contribution in [0.1, 0.15) is 19.4 Å². The van der Waals surface area contributed by atoms with E-state index in [0.717, 1.165) is 19.6 Å². The standard InChI is InChI=1S/C15H27N3/c1-12(2)14(9-16)10-17-15-7-5-6-13(8-15)11-18(3)4/h5-8,12,14,17H,9-11,16H2,1-4H3. The van der Waals surface area contributed by atoms with Crippen LogP contribution >= 0.6 is 0 Å². The topological polar surface area (TPSA) is 41.3 Å². The summed E-state index contributed by atoms with van der Waals surface area (Å²) >= 11 is 0. The second-order valence-electron chi connectivity index (χ2n) is 5.56. The summed E-state index contributed by atoms with van der Waals surface area (Å²) in [7, 11) is 4.17. The van der Waals surface area contributed by atoms with Crippen LogP contribution in [0.2, 0.25) is 0 Å². The number of hydrogen-bond donors (Lipinski definition) is 2. The van der Waals surface area contributed by atoms with Crippen molar-refractivity contribution in [1.29, 1.82) is 0 Å². The average molecular weight is 249 g/mol. The van der Waals surface area contributed by atoms with Crippen LogP contribution in [0.25, 0.3) is 0 Å². The summed E-state index contributed by atoms with van der Waals surface area (Å²) in [6.07, 6.45) is 0. The van der Waals surface area contributed by atoms with Crippen LogP contribution in [0.3, 0.4) is 0 Å². The summed E-state index contributed by atoms with van der Waals surface area (Å²) in [6.45, 7) is 7.10. The molecule has 3 nitrogen and oxygen atoms in total. The maximum Gasteiger partial charge on any atom is 0.0343 e. The Morgan fingerprint density at radius 3 is 2.56 bits per heavy atom. The molecule has 102 valence electrons. The van der Waals surface area contributed by atoms with E-state index in [1.807, 2.05) is 0 Å². The molecule has 0 aliphatic heterocycles. The molecule has 18 heavy (non-hydrogen) atoms. The number of hydrogen-bond acceptors (Lipinski definition) is 3. The second kappa shape index (κ2) is 7.39. The van der Waals surface area contributed by atoms with E-state index in [-0.39, 0.29) is 0 Å². The van der Waals surface area contributed by atoms with Crippen LogP contribution in [0, 0.1) is 11.8 Å². The first-order valence-electron chi connectivity index (χ1n) is 6.70. The number of anilines is 1. The molecule has 1 unspecified atom stereocenters. The normalized spacial score (nSPS) is 13.1. The molecule has 0 aromatic heterocycles. The van der Waals surface area contributed by atoms with Crippen LogP contribution in [0.4, 0.5) is 5.69 Å². The fourth-order valence-corrected chi connectivity index (χ4v) is 1.98. The van der Waals surface area contributed by atoms with Crippen LogP contribution in [-0.4, -0.2) is 32.1 Å². The maximum absolute atomic E-state index is 5.79. The predicted octanol–water partition coefficient (Wildman–Crippen LogP) is 2.39. The summed E-state index contributed by atoms with van der Waals surface area (Å²) in [4.78, 5) is 2.18. The molecule has 1 aromatic carbocycles. The van der Waals surface area contributed by atoms with Gasteiger partial charge in [0.15, 0.2) is 0 Å². The van der Waals surface area contributed by atoms with Crippen molar-refractivity contribution in [3.8, 4) is 0 Å². The van der Waals surface area contributed by atoms with Crippen molar-refractivity contribution in [3.63, 3.8) is 0 Å². The van der Waals surface area contributed by atoms with Gasteiger partial charge in [-0.05, 0) is 50.2 Å². The highest BCUT2D eigenvalue weighted by molar-refractivity contribution is 5.45. The molecule has 0 heterocycles. The first-order valence-corrected chi connectivity index (χ1v) is 6.70. The minimum Gasteiger partial charge on any atom is -0.385 e. The third-order valence-corrected chi connectivity index (χ3v) is 3.24. The van der Waals surface area contributed by atoms with Gasteiger partial charge in [-0.2, -0.15) is 0 Å². The number of nitrogens with two attached hydrogens (primary N) is 1. The Balaban J connectivity index is 2.56. The molecule has 0 aliphatic carbocycles. The lowest BCUT2D eigenvalue weighted by atomic mass is 9.96. The number of benzene rings is 1. The molecule has 3 heteroatoms. The number of nitrogens with zero attached hydrogens (tertiary/aromatic N) is 1. The van der Waals surface area contributed by atoms with E-state index in [1.165, 1.54) is 11.3 Å². The molecule has 1 aromatic rings. The van der Waals surface area contributed by atoms with Gasteiger partial charge >= 0.3 is 0 Å². The highest BCUT2D eigenvalue weighted by Gasteiger charge is 2.10. The molecule has 0 fully saturated rings. The van der Waals surface area contributed by atoms with E-state index in [2.05, 4.69) is 62.4 Å². The van der Waals surface area contributed by atoms with Crippen molar-refractivity contribution in [2.45, 2.75) is 20.4 Å². The van der Waals surface area contributed by atoms with E-state index >= 15 is 0 Å². The summed E-state index contributed by atoms with van der Waals surface area (Å²) in [6, 6.07) is 8.60. The molecule has 1 atom stereocenters. The highest BCUT2D eigenvalue weighted by atomic mass is 15.0. The molecule has 0 amide bonds. The molecule has 0 saturated carbocycles. The molecule has 0 aliphatic rings. The summed E-state index contributed by atoms with van der Waals surface area (Å²) in [5, 5.41) is 3.49. The van der Waals surface area contributed by atoms with Crippen molar-refractivity contribution < 1.29 is 0 Å². The molecule has 0 radical (unpaired) electrons. The Bertz CT molecular complexity index is 347. The Morgan fingerprint density at radius 2 is 2.00 bits per heavy atom. The van der Waals surface area contributed by atoms with Crippen molar-refractivity contribution >= 4 is 5.69 Å². The zero-order valence-corrected chi connectivity index (χ0v) is 12.1. The zero-order chi connectivity index (χ0) is 13.5. The molecular formula is C15H27N3. The average Bonchev–Trinajstić information content (AvgIpc) is 2.29. The Hall–Kier alpha value is -1.06. The monoisotopic (exact) mass is 249 g/mol. The SMILES string of the molecule is CC(C)C(CN)CNc1cccc(CN(C)C)c1. The van der Waals surface area contributed by atoms with Gasteiger partial charge in [0.1, 0.15) is 0 Å². The zero-order valence-electron chi connectivity index (χ0n) is 12.1. The van der Waals surface area contributed by atoms with E-state index in [9.17, 15) is 0 Å². The van der Waals surface area contributed by atoms with Crippen molar-refractivity contribution in [1.82, 2.24) is 4.90 Å². The summed E-state index contributed by atoms with van der Waals surface area (Å²) in [5.74, 6) is 1.15. The quantitative estimate of drug-likeness (QED) is 0.779. The fourth-order valence-electron chi connectivity index (χ4n) is 1.98. The summed E-state index contributed by atoms with van der Waals surface area (Å²) in [5.41, 5.74) is 8.31. The number of rotatable bonds is 7. The third-order valence-electron chi connectivity index (χ3n) is 3.24. The largest absolute Gasteiger partial charge is 0.385 e. The van der Waals surface area contributed by atoms with Crippen molar-refractivity contribution in [3.05, 3.63) is 29.8 Å². The lowest BCUT2D eigenvalue weighted by Crippen LogP contribution is -2.27. The van der Waals surface area contributed by atoms with Gasteiger partial charge in [0, 0.05) is 18.8 Å². The lowest BCUT2D eigenvalue weighted by molar-refractivity contribution is 0.402. The van der Waals surface area contributed by atoms with E-state index < -0.39 is 0 Å². The molecule has 0 spiro atoms. The van der Waals surface area contributed by atoms with Crippen molar-refractivity contribution in [2.75, 3.05) is 32.5 Å². The van der Waals surface area contributed by atoms with Gasteiger partial charge in [-0.15, -0.1) is 0 Å². The van der Waals surface area contributed by atoms with Gasteiger partial charge in [-0.25, -0.2) is 0 Å². The molecule has 0 bridgehead atoms. The van der Waals surface area contributed by atoms with Gasteiger partial charge in [-0.3, -0.25) is 0 Å². The van der Waals surface area contributed by atoms with E-state index in [4.69, 9.17) is 5.73 Å². The van der Waals surface area contributed by atoms with Gasteiger partial charge in [0.2, 0.25) is 0 Å². The molecule has 0 saturated heterocycles. The second-order valence-corrected chi connectivity index (χ2v) is 5.56.